The maximum Gasteiger partial charge on any atom is 0.258 e. The van der Waals surface area contributed by atoms with Crippen molar-refractivity contribution in [3.8, 4) is 5.75 Å². The molecular formula is C24H25ClFN5O2. The molecule has 172 valence electrons. The predicted molar refractivity (Wildman–Crippen MR) is 121 cm³/mol. The minimum atomic E-state index is -0.409. The van der Waals surface area contributed by atoms with E-state index in [1.165, 1.54) is 18.2 Å². The Morgan fingerprint density at radius 3 is 2.73 bits per heavy atom. The minimum Gasteiger partial charge on any atom is -0.489 e. The van der Waals surface area contributed by atoms with Gasteiger partial charge in [0.05, 0.1) is 40.8 Å². The molecule has 1 N–H and O–H groups in total. The Morgan fingerprint density at radius 2 is 1.97 bits per heavy atom. The SMILES string of the molecule is Cc1nc2c3c(nn2c(C)c1Cl)CN(C(=O)c1ccc(F)cc1OC1C[C@H]2CC[C@@H](C1)N2)C3. The predicted octanol–water partition coefficient (Wildman–Crippen LogP) is 3.96. The number of rotatable bonds is 3. The van der Waals surface area contributed by atoms with Crippen molar-refractivity contribution < 1.29 is 13.9 Å². The second-order valence-corrected chi connectivity index (χ2v) is 9.79. The lowest BCUT2D eigenvalue weighted by atomic mass is 10.0. The zero-order valence-corrected chi connectivity index (χ0v) is 19.3. The van der Waals surface area contributed by atoms with Crippen LogP contribution in [0.4, 0.5) is 4.39 Å². The van der Waals surface area contributed by atoms with Crippen molar-refractivity contribution in [3.05, 3.63) is 57.2 Å². The van der Waals surface area contributed by atoms with Gasteiger partial charge in [-0.3, -0.25) is 4.79 Å². The van der Waals surface area contributed by atoms with Crippen molar-refractivity contribution in [1.82, 2.24) is 24.8 Å². The highest BCUT2D eigenvalue weighted by atomic mass is 35.5. The van der Waals surface area contributed by atoms with Crippen LogP contribution in [0.2, 0.25) is 5.02 Å². The Morgan fingerprint density at radius 1 is 1.21 bits per heavy atom. The fourth-order valence-electron chi connectivity index (χ4n) is 5.48. The summed E-state index contributed by atoms with van der Waals surface area (Å²) in [5.74, 6) is -0.282. The molecule has 2 fully saturated rings. The molecule has 33 heavy (non-hydrogen) atoms. The van der Waals surface area contributed by atoms with Crippen LogP contribution < -0.4 is 10.1 Å². The van der Waals surface area contributed by atoms with E-state index in [1.54, 1.807) is 9.42 Å². The topological polar surface area (TPSA) is 71.8 Å². The molecule has 1 aromatic carbocycles. The molecule has 0 aliphatic carbocycles. The van der Waals surface area contributed by atoms with Crippen LogP contribution >= 0.6 is 11.6 Å². The number of carbonyl (C=O) groups excluding carboxylic acids is 1. The third-order valence-electron chi connectivity index (χ3n) is 7.14. The number of hydrogen-bond acceptors (Lipinski definition) is 5. The van der Waals surface area contributed by atoms with Gasteiger partial charge in [0.2, 0.25) is 0 Å². The summed E-state index contributed by atoms with van der Waals surface area (Å²) >= 11 is 6.33. The number of carbonyl (C=O) groups is 1. The first-order valence-electron chi connectivity index (χ1n) is 11.4. The van der Waals surface area contributed by atoms with Crippen molar-refractivity contribution in [2.75, 3.05) is 0 Å². The van der Waals surface area contributed by atoms with E-state index in [0.717, 1.165) is 54.0 Å². The van der Waals surface area contributed by atoms with Crippen LogP contribution in [0.3, 0.4) is 0 Å². The summed E-state index contributed by atoms with van der Waals surface area (Å²) in [6.07, 6.45) is 4.02. The van der Waals surface area contributed by atoms with E-state index >= 15 is 0 Å². The molecule has 7 nitrogen and oxygen atoms in total. The molecule has 9 heteroatoms. The van der Waals surface area contributed by atoms with Gasteiger partial charge < -0.3 is 15.0 Å². The van der Waals surface area contributed by atoms with Gasteiger partial charge >= 0.3 is 0 Å². The summed E-state index contributed by atoms with van der Waals surface area (Å²) in [6, 6.07) is 5.06. The maximum absolute atomic E-state index is 14.1. The number of ether oxygens (including phenoxy) is 1. The van der Waals surface area contributed by atoms with E-state index < -0.39 is 5.82 Å². The molecule has 1 unspecified atom stereocenters. The van der Waals surface area contributed by atoms with Crippen LogP contribution in [0.1, 0.15) is 58.7 Å². The Hall–Kier alpha value is -2.71. The standard InChI is InChI=1S/C24H25ClFN5O2/c1-12-22(25)13(2)31-23(27-12)19-10-30(11-20(19)29-31)24(32)18-6-3-14(26)7-21(18)33-17-8-15-4-5-16(9-17)28-15/h3,6-7,15-17,28H,4-5,8-11H2,1-2H3/t15-,16+,17?. The van der Waals surface area contributed by atoms with E-state index in [0.29, 0.717) is 41.5 Å². The number of amides is 1. The maximum atomic E-state index is 14.1. The highest BCUT2D eigenvalue weighted by Gasteiger charge is 2.36. The van der Waals surface area contributed by atoms with Crippen LogP contribution in [0.5, 0.6) is 5.75 Å². The second-order valence-electron chi connectivity index (χ2n) is 9.41. The average molecular weight is 470 g/mol. The van der Waals surface area contributed by atoms with E-state index in [9.17, 15) is 9.18 Å². The Balaban J connectivity index is 1.27. The van der Waals surface area contributed by atoms with Gasteiger partial charge in [0.1, 0.15) is 17.7 Å². The summed E-state index contributed by atoms with van der Waals surface area (Å²) in [4.78, 5) is 19.8. The number of hydrogen-bond donors (Lipinski definition) is 1. The third kappa shape index (κ3) is 3.47. The number of aryl methyl sites for hydroxylation is 2. The van der Waals surface area contributed by atoms with Crippen LogP contribution in [0, 0.1) is 19.7 Å². The van der Waals surface area contributed by atoms with Crippen LogP contribution in [-0.2, 0) is 13.1 Å². The van der Waals surface area contributed by atoms with Gasteiger partial charge in [0.15, 0.2) is 5.65 Å². The monoisotopic (exact) mass is 469 g/mol. The van der Waals surface area contributed by atoms with Gasteiger partial charge in [-0.2, -0.15) is 5.10 Å². The molecule has 3 aliphatic heterocycles. The number of nitrogens with one attached hydrogen (secondary N) is 1. The summed E-state index contributed by atoms with van der Waals surface area (Å²) < 4.78 is 22.1. The van der Waals surface area contributed by atoms with Gasteiger partial charge in [-0.05, 0) is 51.7 Å². The van der Waals surface area contributed by atoms with Crippen molar-refractivity contribution in [2.24, 2.45) is 0 Å². The fraction of sp³-hybridized carbons (Fsp3) is 0.458. The first kappa shape index (κ1) is 20.9. The van der Waals surface area contributed by atoms with Crippen LogP contribution in [-0.4, -0.2) is 43.6 Å². The quantitative estimate of drug-likeness (QED) is 0.628. The average Bonchev–Trinajstić information content (AvgIpc) is 3.45. The third-order valence-corrected chi connectivity index (χ3v) is 7.69. The number of nitrogens with zero attached hydrogens (tertiary/aromatic N) is 4. The van der Waals surface area contributed by atoms with Gasteiger partial charge in [0.25, 0.3) is 5.91 Å². The molecule has 3 atom stereocenters. The second kappa shape index (κ2) is 7.67. The number of fused-ring (bicyclic) bond motifs is 5. The molecule has 0 spiro atoms. The van der Waals surface area contributed by atoms with Crippen molar-refractivity contribution in [3.63, 3.8) is 0 Å². The Kier molecular flexibility index (Phi) is 4.85. The molecule has 1 amide bonds. The lowest BCUT2D eigenvalue weighted by Gasteiger charge is -2.30. The normalized spacial score (nSPS) is 23.9. The lowest BCUT2D eigenvalue weighted by molar-refractivity contribution is 0.0737. The molecular weight excluding hydrogens is 445 g/mol. The molecule has 5 heterocycles. The zero-order chi connectivity index (χ0) is 22.9. The molecule has 2 bridgehead atoms. The fourth-order valence-corrected chi connectivity index (χ4v) is 5.60. The van der Waals surface area contributed by atoms with E-state index in [-0.39, 0.29) is 12.0 Å². The Bertz CT molecular complexity index is 1280. The molecule has 2 aromatic heterocycles. The molecule has 3 aromatic rings. The lowest BCUT2D eigenvalue weighted by Crippen LogP contribution is -2.42. The van der Waals surface area contributed by atoms with E-state index in [1.807, 2.05) is 13.8 Å². The van der Waals surface area contributed by atoms with Crippen molar-refractivity contribution >= 4 is 23.2 Å². The molecule has 0 saturated carbocycles. The number of benzene rings is 1. The Labute approximate surface area is 195 Å². The molecule has 3 aliphatic rings. The zero-order valence-electron chi connectivity index (χ0n) is 18.6. The van der Waals surface area contributed by atoms with Gasteiger partial charge in [-0.15, -0.1) is 0 Å². The molecule has 2 saturated heterocycles. The molecule has 6 rings (SSSR count). The van der Waals surface area contributed by atoms with E-state index in [2.05, 4.69) is 15.4 Å². The van der Waals surface area contributed by atoms with Crippen LogP contribution in [0.15, 0.2) is 18.2 Å². The largest absolute Gasteiger partial charge is 0.489 e. The van der Waals surface area contributed by atoms with Crippen molar-refractivity contribution in [2.45, 2.75) is 70.8 Å². The summed E-state index contributed by atoms with van der Waals surface area (Å²) in [5, 5.41) is 8.83. The summed E-state index contributed by atoms with van der Waals surface area (Å²) in [6.45, 7) is 4.52. The van der Waals surface area contributed by atoms with Gasteiger partial charge in [-0.25, -0.2) is 13.9 Å². The molecule has 0 radical (unpaired) electrons. The highest BCUT2D eigenvalue weighted by molar-refractivity contribution is 6.31. The number of aromatic nitrogens is 3. The van der Waals surface area contributed by atoms with Gasteiger partial charge in [-0.1, -0.05) is 11.6 Å². The van der Waals surface area contributed by atoms with Crippen LogP contribution in [0.25, 0.3) is 5.65 Å². The first-order valence-corrected chi connectivity index (χ1v) is 11.8. The van der Waals surface area contributed by atoms with E-state index in [4.69, 9.17) is 16.3 Å². The number of piperidine rings is 1. The summed E-state index contributed by atoms with van der Waals surface area (Å²) in [7, 11) is 0. The van der Waals surface area contributed by atoms with Gasteiger partial charge in [0, 0.05) is 23.7 Å². The first-order chi connectivity index (χ1) is 15.9. The van der Waals surface area contributed by atoms with Crippen molar-refractivity contribution in [1.29, 1.82) is 0 Å². The highest BCUT2D eigenvalue weighted by Crippen LogP contribution is 2.34. The smallest absolute Gasteiger partial charge is 0.258 e. The summed E-state index contributed by atoms with van der Waals surface area (Å²) in [5.41, 5.74) is 4.40. The number of halogens is 2. The minimum absolute atomic E-state index is 0.0167.